The smallest absolute Gasteiger partial charge is 0.120 e. The van der Waals surface area contributed by atoms with Gasteiger partial charge in [0.05, 0.1) is 11.5 Å². The maximum atomic E-state index is 10.9. The van der Waals surface area contributed by atoms with E-state index in [0.29, 0.717) is 11.4 Å². The van der Waals surface area contributed by atoms with Gasteiger partial charge in [-0.3, -0.25) is 0 Å². The third-order valence-electron chi connectivity index (χ3n) is 3.69. The second kappa shape index (κ2) is 4.12. The standard InChI is InChI=1S/C13H13ClN2O/c1-8(2)13(7-15)6-11(16-17)12-9(13)4-3-5-10(12)14/h3-5,8,11H,6H2,1-2H3. The molecule has 2 atom stereocenters. The highest BCUT2D eigenvalue weighted by Gasteiger charge is 2.48. The lowest BCUT2D eigenvalue weighted by atomic mass is 9.74. The number of benzene rings is 1. The van der Waals surface area contributed by atoms with Crippen molar-refractivity contribution in [1.82, 2.24) is 0 Å². The second-order valence-electron chi connectivity index (χ2n) is 4.76. The molecular weight excluding hydrogens is 236 g/mol. The number of halogens is 1. The van der Waals surface area contributed by atoms with Crippen LogP contribution in [0.5, 0.6) is 0 Å². The number of nitrogens with zero attached hydrogens (tertiary/aromatic N) is 2. The SMILES string of the molecule is CC(C)C1(C#N)CC(N=O)c2c(Cl)cccc21. The molecule has 2 rings (SSSR count). The maximum absolute atomic E-state index is 10.9. The summed E-state index contributed by atoms with van der Waals surface area (Å²) < 4.78 is 0. The predicted octanol–water partition coefficient (Wildman–Crippen LogP) is 3.97. The van der Waals surface area contributed by atoms with Crippen LogP contribution in [0.4, 0.5) is 0 Å². The summed E-state index contributed by atoms with van der Waals surface area (Å²) >= 11 is 6.12. The Morgan fingerprint density at radius 1 is 1.59 bits per heavy atom. The van der Waals surface area contributed by atoms with Gasteiger partial charge in [-0.25, -0.2) is 0 Å². The molecule has 1 aliphatic rings. The van der Waals surface area contributed by atoms with Crippen LogP contribution in [0.15, 0.2) is 23.4 Å². The molecule has 3 nitrogen and oxygen atoms in total. The minimum atomic E-state index is -0.640. The van der Waals surface area contributed by atoms with Gasteiger partial charge in [0.15, 0.2) is 0 Å². The predicted molar refractivity (Wildman–Crippen MR) is 66.7 cm³/mol. The number of fused-ring (bicyclic) bond motifs is 1. The molecule has 1 aromatic carbocycles. The van der Waals surface area contributed by atoms with E-state index < -0.39 is 11.5 Å². The Kier molecular flexibility index (Phi) is 2.92. The largest absolute Gasteiger partial charge is 0.197 e. The van der Waals surface area contributed by atoms with Crippen molar-refractivity contribution in [1.29, 1.82) is 5.26 Å². The minimum Gasteiger partial charge on any atom is -0.197 e. The Morgan fingerprint density at radius 2 is 2.29 bits per heavy atom. The van der Waals surface area contributed by atoms with Crippen LogP contribution in [-0.2, 0) is 5.41 Å². The van der Waals surface area contributed by atoms with E-state index in [2.05, 4.69) is 11.2 Å². The Balaban J connectivity index is 2.71. The summed E-state index contributed by atoms with van der Waals surface area (Å²) in [5.41, 5.74) is 0.963. The van der Waals surface area contributed by atoms with Crippen LogP contribution in [0.2, 0.25) is 5.02 Å². The Bertz CT molecular complexity index is 507. The van der Waals surface area contributed by atoms with Gasteiger partial charge in [0.25, 0.3) is 0 Å². The van der Waals surface area contributed by atoms with Crippen LogP contribution in [0.1, 0.15) is 37.4 Å². The topological polar surface area (TPSA) is 53.2 Å². The fourth-order valence-electron chi connectivity index (χ4n) is 2.65. The Hall–Kier alpha value is -1.40. The third-order valence-corrected chi connectivity index (χ3v) is 4.02. The summed E-state index contributed by atoms with van der Waals surface area (Å²) in [4.78, 5) is 10.9. The first-order valence-corrected chi connectivity index (χ1v) is 5.97. The molecule has 0 radical (unpaired) electrons. The van der Waals surface area contributed by atoms with E-state index in [4.69, 9.17) is 11.6 Å². The highest BCUT2D eigenvalue weighted by molar-refractivity contribution is 6.31. The van der Waals surface area contributed by atoms with E-state index in [-0.39, 0.29) is 5.92 Å². The maximum Gasteiger partial charge on any atom is 0.120 e. The van der Waals surface area contributed by atoms with Gasteiger partial charge >= 0.3 is 0 Å². The third kappa shape index (κ3) is 1.56. The van der Waals surface area contributed by atoms with Gasteiger partial charge in [0.2, 0.25) is 0 Å². The molecule has 0 heterocycles. The molecular formula is C13H13ClN2O. The summed E-state index contributed by atoms with van der Waals surface area (Å²) in [6.07, 6.45) is 0.434. The molecule has 0 bridgehead atoms. The number of nitroso groups, excluding NO2 is 1. The van der Waals surface area contributed by atoms with Crippen molar-refractivity contribution in [2.75, 3.05) is 0 Å². The van der Waals surface area contributed by atoms with Crippen LogP contribution < -0.4 is 0 Å². The average molecular weight is 249 g/mol. The number of hydrogen-bond acceptors (Lipinski definition) is 3. The Labute approximate surface area is 105 Å². The second-order valence-corrected chi connectivity index (χ2v) is 5.17. The molecule has 1 aliphatic carbocycles. The molecule has 0 fully saturated rings. The first-order valence-electron chi connectivity index (χ1n) is 5.59. The summed E-state index contributed by atoms with van der Waals surface area (Å²) in [6.45, 7) is 3.97. The van der Waals surface area contributed by atoms with Gasteiger partial charge in [0.1, 0.15) is 6.04 Å². The van der Waals surface area contributed by atoms with E-state index in [1.54, 1.807) is 6.07 Å². The molecule has 0 aliphatic heterocycles. The van der Waals surface area contributed by atoms with Crippen molar-refractivity contribution < 1.29 is 0 Å². The molecule has 4 heteroatoms. The molecule has 0 N–H and O–H groups in total. The van der Waals surface area contributed by atoms with Gasteiger partial charge in [-0.15, -0.1) is 0 Å². The van der Waals surface area contributed by atoms with Crippen LogP contribution in [-0.4, -0.2) is 0 Å². The van der Waals surface area contributed by atoms with E-state index >= 15 is 0 Å². The fraction of sp³-hybridized carbons (Fsp3) is 0.462. The zero-order chi connectivity index (χ0) is 12.6. The lowest BCUT2D eigenvalue weighted by molar-refractivity contribution is 0.375. The van der Waals surface area contributed by atoms with Gasteiger partial charge in [-0.1, -0.05) is 42.8 Å². The lowest BCUT2D eigenvalue weighted by Gasteiger charge is -2.26. The van der Waals surface area contributed by atoms with Crippen molar-refractivity contribution in [3.05, 3.63) is 39.3 Å². The van der Waals surface area contributed by atoms with Crippen molar-refractivity contribution >= 4 is 11.6 Å². The van der Waals surface area contributed by atoms with Crippen molar-refractivity contribution in [3.8, 4) is 6.07 Å². The summed E-state index contributed by atoms with van der Waals surface area (Å²) in [7, 11) is 0. The minimum absolute atomic E-state index is 0.122. The van der Waals surface area contributed by atoms with E-state index in [1.165, 1.54) is 0 Å². The van der Waals surface area contributed by atoms with Crippen LogP contribution >= 0.6 is 11.6 Å². The molecule has 2 unspecified atom stereocenters. The molecule has 0 amide bonds. The van der Waals surface area contributed by atoms with Gasteiger partial charge < -0.3 is 0 Å². The van der Waals surface area contributed by atoms with E-state index in [0.717, 1.165) is 11.1 Å². The zero-order valence-corrected chi connectivity index (χ0v) is 10.5. The highest BCUT2D eigenvalue weighted by Crippen LogP contribution is 2.52. The van der Waals surface area contributed by atoms with Gasteiger partial charge in [0, 0.05) is 17.0 Å². The first-order chi connectivity index (χ1) is 8.06. The fourth-order valence-corrected chi connectivity index (χ4v) is 2.95. The zero-order valence-electron chi connectivity index (χ0n) is 9.77. The van der Waals surface area contributed by atoms with E-state index in [1.807, 2.05) is 26.0 Å². The molecule has 0 saturated carbocycles. The molecule has 0 aromatic heterocycles. The summed E-state index contributed by atoms with van der Waals surface area (Å²) in [6, 6.07) is 7.32. The molecule has 1 aromatic rings. The summed E-state index contributed by atoms with van der Waals surface area (Å²) in [5.74, 6) is 0.122. The van der Waals surface area contributed by atoms with Gasteiger partial charge in [-0.05, 0) is 17.5 Å². The lowest BCUT2D eigenvalue weighted by Crippen LogP contribution is -2.27. The number of nitriles is 1. The number of rotatable bonds is 2. The normalized spacial score (nSPS) is 26.6. The average Bonchev–Trinajstić information content (AvgIpc) is 2.65. The van der Waals surface area contributed by atoms with E-state index in [9.17, 15) is 10.2 Å². The van der Waals surface area contributed by atoms with Crippen LogP contribution in [0.3, 0.4) is 0 Å². The summed E-state index contributed by atoms with van der Waals surface area (Å²) in [5, 5.41) is 13.2. The van der Waals surface area contributed by atoms with Crippen molar-refractivity contribution in [3.63, 3.8) is 0 Å². The number of hydrogen-bond donors (Lipinski definition) is 0. The monoisotopic (exact) mass is 248 g/mol. The molecule has 0 saturated heterocycles. The Morgan fingerprint density at radius 3 is 2.82 bits per heavy atom. The van der Waals surface area contributed by atoms with Gasteiger partial charge in [-0.2, -0.15) is 10.2 Å². The van der Waals surface area contributed by atoms with Crippen molar-refractivity contribution in [2.45, 2.75) is 31.7 Å². The van der Waals surface area contributed by atoms with Crippen molar-refractivity contribution in [2.24, 2.45) is 11.1 Å². The first kappa shape index (κ1) is 12.1. The highest BCUT2D eigenvalue weighted by atomic mass is 35.5. The quantitative estimate of drug-likeness (QED) is 0.744. The van der Waals surface area contributed by atoms with Crippen LogP contribution in [0.25, 0.3) is 0 Å². The molecule has 88 valence electrons. The molecule has 0 spiro atoms. The van der Waals surface area contributed by atoms with Crippen LogP contribution in [0, 0.1) is 22.2 Å². The molecule has 17 heavy (non-hydrogen) atoms.